The topological polar surface area (TPSA) is 93.2 Å². The number of rotatable bonds is 5. The summed E-state index contributed by atoms with van der Waals surface area (Å²) in [4.78, 5) is 21.0. The number of fused-ring (bicyclic) bond motifs is 1. The van der Waals surface area contributed by atoms with Crippen LogP contribution in [0.3, 0.4) is 0 Å². The van der Waals surface area contributed by atoms with Gasteiger partial charge >= 0.3 is 0 Å². The number of aromatic nitrogens is 2. The molecular formula is C27H20N4O3S. The fourth-order valence-electron chi connectivity index (χ4n) is 3.55. The number of furan rings is 1. The van der Waals surface area contributed by atoms with E-state index in [1.54, 1.807) is 24.4 Å². The average molecular weight is 481 g/mol. The van der Waals surface area contributed by atoms with Crippen molar-refractivity contribution in [1.82, 2.24) is 15.3 Å². The van der Waals surface area contributed by atoms with E-state index in [-0.39, 0.29) is 11.0 Å². The zero-order chi connectivity index (χ0) is 24.2. The van der Waals surface area contributed by atoms with Crippen LogP contribution in [0.15, 0.2) is 93.9 Å². The molecule has 172 valence electrons. The Morgan fingerprint density at radius 3 is 2.66 bits per heavy atom. The fraction of sp³-hybridized carbons (Fsp3) is 0.0370. The van der Waals surface area contributed by atoms with Gasteiger partial charge in [0.25, 0.3) is 0 Å². The third-order valence-corrected chi connectivity index (χ3v) is 5.50. The van der Waals surface area contributed by atoms with E-state index >= 15 is 0 Å². The Morgan fingerprint density at radius 2 is 1.83 bits per heavy atom. The van der Waals surface area contributed by atoms with Crippen molar-refractivity contribution in [1.29, 1.82) is 0 Å². The van der Waals surface area contributed by atoms with Crippen LogP contribution in [0.1, 0.15) is 11.3 Å². The van der Waals surface area contributed by atoms with Crippen molar-refractivity contribution >= 4 is 46.2 Å². The molecule has 2 aromatic carbocycles. The van der Waals surface area contributed by atoms with Gasteiger partial charge in [-0.2, -0.15) is 4.98 Å². The van der Waals surface area contributed by atoms with Crippen LogP contribution in [0.4, 0.5) is 5.69 Å². The summed E-state index contributed by atoms with van der Waals surface area (Å²) < 4.78 is 11.6. The number of nitrogens with one attached hydrogen (secondary N) is 2. The molecule has 1 amide bonds. The number of nitrogens with zero attached hydrogens (tertiary/aromatic N) is 2. The molecule has 3 heterocycles. The Hall–Kier alpha value is -4.56. The van der Waals surface area contributed by atoms with E-state index in [0.717, 1.165) is 28.1 Å². The van der Waals surface area contributed by atoms with E-state index in [4.69, 9.17) is 21.1 Å². The summed E-state index contributed by atoms with van der Waals surface area (Å²) in [6.45, 7) is 1.92. The molecule has 0 aliphatic heterocycles. The molecule has 5 rings (SSSR count). The highest BCUT2D eigenvalue weighted by Gasteiger charge is 2.14. The first-order valence-electron chi connectivity index (χ1n) is 10.8. The number of hydrogen-bond donors (Lipinski definition) is 2. The minimum atomic E-state index is -0.376. The normalized spacial score (nSPS) is 11.1. The van der Waals surface area contributed by atoms with Gasteiger partial charge in [-0.05, 0) is 67.2 Å². The van der Waals surface area contributed by atoms with Gasteiger partial charge in [-0.3, -0.25) is 10.1 Å². The second-order valence-electron chi connectivity index (χ2n) is 7.67. The quantitative estimate of drug-likeness (QED) is 0.236. The summed E-state index contributed by atoms with van der Waals surface area (Å²) in [6, 6.07) is 22.7. The summed E-state index contributed by atoms with van der Waals surface area (Å²) in [5.74, 6) is 1.38. The highest BCUT2D eigenvalue weighted by atomic mass is 32.1. The minimum absolute atomic E-state index is 0.170. The van der Waals surface area contributed by atoms with Crippen molar-refractivity contribution in [2.45, 2.75) is 6.92 Å². The molecule has 0 saturated heterocycles. The maximum Gasteiger partial charge on any atom is 0.250 e. The molecule has 3 aromatic heterocycles. The predicted octanol–water partition coefficient (Wildman–Crippen LogP) is 5.98. The maximum absolute atomic E-state index is 12.4. The zero-order valence-corrected chi connectivity index (χ0v) is 19.5. The molecule has 5 aromatic rings. The van der Waals surface area contributed by atoms with Crippen molar-refractivity contribution in [3.05, 3.63) is 96.4 Å². The van der Waals surface area contributed by atoms with Crippen molar-refractivity contribution in [3.8, 4) is 22.8 Å². The van der Waals surface area contributed by atoms with Gasteiger partial charge in [-0.15, -0.1) is 0 Å². The Kier molecular flexibility index (Phi) is 6.19. The number of benzene rings is 2. The molecule has 0 unspecified atom stereocenters. The lowest BCUT2D eigenvalue weighted by atomic mass is 10.1. The van der Waals surface area contributed by atoms with Crippen molar-refractivity contribution in [2.24, 2.45) is 0 Å². The van der Waals surface area contributed by atoms with Crippen LogP contribution in [0, 0.1) is 6.92 Å². The number of anilines is 1. The van der Waals surface area contributed by atoms with Gasteiger partial charge in [0.1, 0.15) is 11.5 Å². The number of carbonyl (C=O) groups is 1. The molecule has 2 N–H and O–H groups in total. The molecule has 0 spiro atoms. The van der Waals surface area contributed by atoms with Crippen LogP contribution in [0.2, 0.25) is 0 Å². The number of thiocarbonyl (C=S) groups is 1. The summed E-state index contributed by atoms with van der Waals surface area (Å²) in [5, 5.41) is 5.88. The van der Waals surface area contributed by atoms with Crippen LogP contribution in [-0.2, 0) is 4.79 Å². The van der Waals surface area contributed by atoms with Gasteiger partial charge < -0.3 is 14.2 Å². The smallest absolute Gasteiger partial charge is 0.250 e. The standard InChI is InChI=1S/C27H20N4O3S/c1-17-20(26-31-25-23(34-26)11-6-16-28-25)9-5-10-21(17)29-27(35)30-24(32)15-13-19-12-14-22(33-19)18-7-3-2-4-8-18/h2-16H,1H3,(H2,29,30,32,35)/b15-13+. The first-order chi connectivity index (χ1) is 17.1. The molecule has 0 fully saturated rings. The number of amides is 1. The summed E-state index contributed by atoms with van der Waals surface area (Å²) >= 11 is 5.33. The fourth-order valence-corrected chi connectivity index (χ4v) is 3.76. The lowest BCUT2D eigenvalue weighted by molar-refractivity contribution is -0.115. The SMILES string of the molecule is Cc1c(NC(=S)NC(=O)/C=C/c2ccc(-c3ccccc3)o2)cccc1-c1nc2ncccc2o1. The second-order valence-corrected chi connectivity index (χ2v) is 8.08. The lowest BCUT2D eigenvalue weighted by Gasteiger charge is -2.12. The highest BCUT2D eigenvalue weighted by molar-refractivity contribution is 7.80. The molecule has 0 radical (unpaired) electrons. The number of hydrogen-bond acceptors (Lipinski definition) is 6. The highest BCUT2D eigenvalue weighted by Crippen LogP contribution is 2.30. The Morgan fingerprint density at radius 1 is 0.971 bits per heavy atom. The van der Waals surface area contributed by atoms with Crippen LogP contribution in [0.5, 0.6) is 0 Å². The predicted molar refractivity (Wildman–Crippen MR) is 140 cm³/mol. The van der Waals surface area contributed by atoms with Crippen molar-refractivity contribution in [3.63, 3.8) is 0 Å². The third-order valence-electron chi connectivity index (χ3n) is 5.30. The minimum Gasteiger partial charge on any atom is -0.457 e. The number of carbonyl (C=O) groups excluding carboxylic acids is 1. The second kappa shape index (κ2) is 9.74. The molecule has 35 heavy (non-hydrogen) atoms. The van der Waals surface area contributed by atoms with Gasteiger partial charge in [0.05, 0.1) is 0 Å². The molecule has 0 saturated carbocycles. The van der Waals surface area contributed by atoms with Crippen molar-refractivity contribution in [2.75, 3.05) is 5.32 Å². The largest absolute Gasteiger partial charge is 0.457 e. The average Bonchev–Trinajstić information content (AvgIpc) is 3.52. The van der Waals surface area contributed by atoms with E-state index < -0.39 is 0 Å². The van der Waals surface area contributed by atoms with Gasteiger partial charge in [-0.25, -0.2) is 4.98 Å². The molecule has 0 aliphatic rings. The van der Waals surface area contributed by atoms with Crippen LogP contribution < -0.4 is 10.6 Å². The maximum atomic E-state index is 12.4. The third kappa shape index (κ3) is 5.02. The molecule has 7 nitrogen and oxygen atoms in total. The van der Waals surface area contributed by atoms with E-state index in [9.17, 15) is 4.79 Å². The Labute approximate surface area is 206 Å². The Bertz CT molecular complexity index is 1520. The number of oxazole rings is 1. The summed E-state index contributed by atoms with van der Waals surface area (Å²) in [6.07, 6.45) is 4.64. The van der Waals surface area contributed by atoms with E-state index in [2.05, 4.69) is 20.6 Å². The van der Waals surface area contributed by atoms with Crippen LogP contribution in [-0.4, -0.2) is 21.0 Å². The summed E-state index contributed by atoms with van der Waals surface area (Å²) in [7, 11) is 0. The van der Waals surface area contributed by atoms with E-state index in [1.807, 2.05) is 67.6 Å². The first-order valence-corrected chi connectivity index (χ1v) is 11.2. The zero-order valence-electron chi connectivity index (χ0n) is 18.7. The van der Waals surface area contributed by atoms with Crippen molar-refractivity contribution < 1.29 is 13.6 Å². The molecular weight excluding hydrogens is 460 g/mol. The van der Waals surface area contributed by atoms with E-state index in [0.29, 0.717) is 22.9 Å². The van der Waals surface area contributed by atoms with E-state index in [1.165, 1.54) is 6.08 Å². The molecule has 0 aliphatic carbocycles. The van der Waals surface area contributed by atoms with Gasteiger partial charge in [0.15, 0.2) is 16.3 Å². The summed E-state index contributed by atoms with van der Waals surface area (Å²) in [5.41, 5.74) is 4.52. The molecule has 0 atom stereocenters. The Balaban J connectivity index is 1.24. The lowest BCUT2D eigenvalue weighted by Crippen LogP contribution is -2.33. The number of pyridine rings is 1. The van der Waals surface area contributed by atoms with Gasteiger partial charge in [0, 0.05) is 29.1 Å². The van der Waals surface area contributed by atoms with Gasteiger partial charge in [0.2, 0.25) is 11.8 Å². The van der Waals surface area contributed by atoms with Gasteiger partial charge in [-0.1, -0.05) is 36.4 Å². The van der Waals surface area contributed by atoms with Crippen LogP contribution >= 0.6 is 12.2 Å². The first kappa shape index (κ1) is 22.2. The van der Waals surface area contributed by atoms with Crippen LogP contribution in [0.25, 0.3) is 40.1 Å². The monoisotopic (exact) mass is 480 g/mol. The molecule has 0 bridgehead atoms. The molecule has 8 heteroatoms.